The summed E-state index contributed by atoms with van der Waals surface area (Å²) in [6.07, 6.45) is -5.25. The summed E-state index contributed by atoms with van der Waals surface area (Å²) < 4.78 is 10.8. The Morgan fingerprint density at radius 1 is 1.00 bits per heavy atom. The molecule has 2 rings (SSSR count). The highest BCUT2D eigenvalue weighted by Gasteiger charge is 2.43. The first-order valence-electron chi connectivity index (χ1n) is 5.92. The van der Waals surface area contributed by atoms with Gasteiger partial charge >= 0.3 is 0 Å². The highest BCUT2D eigenvalue weighted by atomic mass is 16.7. The summed E-state index contributed by atoms with van der Waals surface area (Å²) in [5.41, 5.74) is 1.09. The summed E-state index contributed by atoms with van der Waals surface area (Å²) in [7, 11) is 0. The van der Waals surface area contributed by atoms with Crippen LogP contribution in [-0.4, -0.2) is 46.0 Å². The molecule has 0 spiro atoms. The van der Waals surface area contributed by atoms with E-state index in [1.54, 1.807) is 19.1 Å². The molecule has 0 aromatic heterocycles. The molecule has 3 N–H and O–H groups in total. The first-order valence-corrected chi connectivity index (χ1v) is 5.92. The van der Waals surface area contributed by atoms with E-state index in [1.807, 2.05) is 19.1 Å². The van der Waals surface area contributed by atoms with Crippen molar-refractivity contribution in [1.29, 1.82) is 0 Å². The number of aryl methyl sites for hydroxylation is 1. The lowest BCUT2D eigenvalue weighted by molar-refractivity contribution is -0.268. The molecule has 1 aromatic carbocycles. The van der Waals surface area contributed by atoms with Crippen molar-refractivity contribution in [2.45, 2.75) is 44.6 Å². The molecule has 0 radical (unpaired) electrons. The number of hydrogen-bond donors (Lipinski definition) is 3. The van der Waals surface area contributed by atoms with Crippen molar-refractivity contribution < 1.29 is 24.8 Å². The van der Waals surface area contributed by atoms with Gasteiger partial charge < -0.3 is 24.8 Å². The molecule has 1 fully saturated rings. The van der Waals surface area contributed by atoms with Crippen LogP contribution in [0.5, 0.6) is 5.75 Å². The van der Waals surface area contributed by atoms with Crippen molar-refractivity contribution in [3.8, 4) is 5.75 Å². The zero-order valence-electron chi connectivity index (χ0n) is 10.4. The molecule has 0 amide bonds. The standard InChI is InChI=1S/C13H18O5/c1-7-3-5-9(6-4-7)18-13-12(16)11(15)10(14)8(2)17-13/h3-6,8,10-16H,1-2H3/t8-,10-,11+,12+,13-/m0/s1. The van der Waals surface area contributed by atoms with E-state index in [9.17, 15) is 15.3 Å². The smallest absolute Gasteiger partial charge is 0.229 e. The molecule has 0 aliphatic carbocycles. The van der Waals surface area contributed by atoms with E-state index >= 15 is 0 Å². The normalized spacial score (nSPS) is 36.4. The fourth-order valence-electron chi connectivity index (χ4n) is 1.86. The van der Waals surface area contributed by atoms with Crippen molar-refractivity contribution in [2.24, 2.45) is 0 Å². The van der Waals surface area contributed by atoms with Gasteiger partial charge in [0, 0.05) is 0 Å². The Balaban J connectivity index is 2.06. The van der Waals surface area contributed by atoms with E-state index in [-0.39, 0.29) is 0 Å². The van der Waals surface area contributed by atoms with Gasteiger partial charge in [-0.25, -0.2) is 0 Å². The lowest BCUT2D eigenvalue weighted by Crippen LogP contribution is -2.58. The van der Waals surface area contributed by atoms with Crippen LogP contribution < -0.4 is 4.74 Å². The minimum absolute atomic E-state index is 0.542. The van der Waals surface area contributed by atoms with Crippen molar-refractivity contribution in [3.05, 3.63) is 29.8 Å². The molecule has 1 heterocycles. The van der Waals surface area contributed by atoms with E-state index in [2.05, 4.69) is 0 Å². The fourth-order valence-corrected chi connectivity index (χ4v) is 1.86. The molecule has 18 heavy (non-hydrogen) atoms. The number of rotatable bonds is 2. The topological polar surface area (TPSA) is 79.2 Å². The van der Waals surface area contributed by atoms with Crippen LogP contribution >= 0.6 is 0 Å². The van der Waals surface area contributed by atoms with E-state index in [0.29, 0.717) is 5.75 Å². The van der Waals surface area contributed by atoms with Gasteiger partial charge in [0.15, 0.2) is 0 Å². The minimum Gasteiger partial charge on any atom is -0.462 e. The monoisotopic (exact) mass is 254 g/mol. The summed E-state index contributed by atoms with van der Waals surface area (Å²) in [5, 5.41) is 29.0. The van der Waals surface area contributed by atoms with Crippen LogP contribution in [0.15, 0.2) is 24.3 Å². The SMILES string of the molecule is Cc1ccc(O[C@@H]2O[C@@H](C)[C@H](O)[C@@H](O)[C@H]2O)cc1. The van der Waals surface area contributed by atoms with Crippen LogP contribution in [0.1, 0.15) is 12.5 Å². The number of aliphatic hydroxyl groups is 3. The molecule has 0 bridgehead atoms. The van der Waals surface area contributed by atoms with Crippen molar-refractivity contribution in [3.63, 3.8) is 0 Å². The molecule has 100 valence electrons. The first-order chi connectivity index (χ1) is 8.49. The van der Waals surface area contributed by atoms with Gasteiger partial charge in [0.1, 0.15) is 24.1 Å². The van der Waals surface area contributed by atoms with E-state index in [0.717, 1.165) is 5.56 Å². The highest BCUT2D eigenvalue weighted by Crippen LogP contribution is 2.24. The molecule has 5 atom stereocenters. The highest BCUT2D eigenvalue weighted by molar-refractivity contribution is 5.26. The molecule has 5 heteroatoms. The lowest BCUT2D eigenvalue weighted by atomic mass is 10.00. The average Bonchev–Trinajstić information content (AvgIpc) is 2.36. The van der Waals surface area contributed by atoms with Gasteiger partial charge in [-0.05, 0) is 26.0 Å². The average molecular weight is 254 g/mol. The maximum absolute atomic E-state index is 9.78. The number of benzene rings is 1. The Hall–Kier alpha value is -1.14. The maximum Gasteiger partial charge on any atom is 0.229 e. The molecule has 5 nitrogen and oxygen atoms in total. The van der Waals surface area contributed by atoms with Crippen LogP contribution in [0, 0.1) is 6.92 Å². The van der Waals surface area contributed by atoms with E-state index in [4.69, 9.17) is 9.47 Å². The summed E-state index contributed by atoms with van der Waals surface area (Å²) >= 11 is 0. The number of ether oxygens (including phenoxy) is 2. The third kappa shape index (κ3) is 2.64. The fraction of sp³-hybridized carbons (Fsp3) is 0.538. The van der Waals surface area contributed by atoms with Crippen LogP contribution in [0.25, 0.3) is 0 Å². The Kier molecular flexibility index (Phi) is 3.87. The summed E-state index contributed by atoms with van der Waals surface area (Å²) in [6, 6.07) is 7.26. The van der Waals surface area contributed by atoms with Gasteiger partial charge in [-0.3, -0.25) is 0 Å². The van der Waals surface area contributed by atoms with Crippen molar-refractivity contribution >= 4 is 0 Å². The first kappa shape index (κ1) is 13.3. The van der Waals surface area contributed by atoms with Gasteiger partial charge in [-0.1, -0.05) is 17.7 Å². The Morgan fingerprint density at radius 3 is 2.22 bits per heavy atom. The summed E-state index contributed by atoms with van der Waals surface area (Å²) in [4.78, 5) is 0. The summed E-state index contributed by atoms with van der Waals surface area (Å²) in [6.45, 7) is 3.57. The van der Waals surface area contributed by atoms with Crippen LogP contribution in [0.3, 0.4) is 0 Å². The molecule has 1 aliphatic heterocycles. The Bertz CT molecular complexity index is 391. The second-order valence-electron chi connectivity index (χ2n) is 4.61. The zero-order valence-corrected chi connectivity index (χ0v) is 10.4. The van der Waals surface area contributed by atoms with Gasteiger partial charge in [-0.15, -0.1) is 0 Å². The van der Waals surface area contributed by atoms with Crippen molar-refractivity contribution in [1.82, 2.24) is 0 Å². The predicted octanol–water partition coefficient (Wildman–Crippen LogP) is 0.201. The second kappa shape index (κ2) is 5.24. The van der Waals surface area contributed by atoms with E-state index < -0.39 is 30.7 Å². The molecule has 1 aliphatic rings. The predicted molar refractivity (Wildman–Crippen MR) is 64.2 cm³/mol. The molecule has 1 aromatic rings. The second-order valence-corrected chi connectivity index (χ2v) is 4.61. The van der Waals surface area contributed by atoms with Gasteiger partial charge in [0.25, 0.3) is 0 Å². The molecular formula is C13H18O5. The third-order valence-corrected chi connectivity index (χ3v) is 3.08. The third-order valence-electron chi connectivity index (χ3n) is 3.08. The van der Waals surface area contributed by atoms with Crippen LogP contribution in [0.4, 0.5) is 0 Å². The van der Waals surface area contributed by atoms with Crippen molar-refractivity contribution in [2.75, 3.05) is 0 Å². The quantitative estimate of drug-likeness (QED) is 0.702. The maximum atomic E-state index is 9.78. The zero-order chi connectivity index (χ0) is 13.3. The Labute approximate surface area is 106 Å². The molecular weight excluding hydrogens is 236 g/mol. The molecule has 1 saturated heterocycles. The minimum atomic E-state index is -1.28. The molecule has 0 unspecified atom stereocenters. The van der Waals surface area contributed by atoms with Crippen LogP contribution in [-0.2, 0) is 4.74 Å². The van der Waals surface area contributed by atoms with Gasteiger partial charge in [0.2, 0.25) is 6.29 Å². The molecule has 0 saturated carbocycles. The Morgan fingerprint density at radius 2 is 1.61 bits per heavy atom. The van der Waals surface area contributed by atoms with E-state index in [1.165, 1.54) is 0 Å². The largest absolute Gasteiger partial charge is 0.462 e. The number of aliphatic hydroxyl groups excluding tert-OH is 3. The van der Waals surface area contributed by atoms with Gasteiger partial charge in [-0.2, -0.15) is 0 Å². The van der Waals surface area contributed by atoms with Crippen LogP contribution in [0.2, 0.25) is 0 Å². The summed E-state index contributed by atoms with van der Waals surface area (Å²) in [5.74, 6) is 0.542. The lowest BCUT2D eigenvalue weighted by Gasteiger charge is -2.38. The number of hydrogen-bond acceptors (Lipinski definition) is 5. The van der Waals surface area contributed by atoms with Gasteiger partial charge in [0.05, 0.1) is 6.10 Å².